The number of hydrogen-bond donors (Lipinski definition) is 2. The Morgan fingerprint density at radius 3 is 2.79 bits per heavy atom. The number of sulfonamides is 1. The second-order valence-corrected chi connectivity index (χ2v) is 6.97. The van der Waals surface area contributed by atoms with Gasteiger partial charge in [-0.2, -0.15) is 5.10 Å². The minimum absolute atomic E-state index is 0.123. The fourth-order valence-electron chi connectivity index (χ4n) is 2.37. The second-order valence-electron chi connectivity index (χ2n) is 5.24. The molecule has 0 amide bonds. The highest BCUT2D eigenvalue weighted by atomic mass is 32.2. The van der Waals surface area contributed by atoms with E-state index in [1.54, 1.807) is 0 Å². The van der Waals surface area contributed by atoms with Crippen LogP contribution in [0.1, 0.15) is 26.2 Å². The molecule has 1 unspecified atom stereocenters. The van der Waals surface area contributed by atoms with E-state index in [2.05, 4.69) is 26.7 Å². The van der Waals surface area contributed by atoms with Crippen molar-refractivity contribution in [3.8, 4) is 0 Å². The van der Waals surface area contributed by atoms with E-state index in [9.17, 15) is 8.42 Å². The molecule has 1 aromatic heterocycles. The predicted molar refractivity (Wildman–Crippen MR) is 73.2 cm³/mol. The molecule has 0 aromatic carbocycles. The third-order valence-corrected chi connectivity index (χ3v) is 4.76. The Hall–Kier alpha value is -0.920. The zero-order chi connectivity index (χ0) is 13.7. The molecule has 1 aliphatic rings. The van der Waals surface area contributed by atoms with E-state index < -0.39 is 10.0 Å². The van der Waals surface area contributed by atoms with Crippen LogP contribution in [0.4, 0.5) is 0 Å². The number of H-pyrrole nitrogens is 1. The summed E-state index contributed by atoms with van der Waals surface area (Å²) >= 11 is 0. The topological polar surface area (TPSA) is 78.1 Å². The Morgan fingerprint density at radius 2 is 2.16 bits per heavy atom. The van der Waals surface area contributed by atoms with E-state index >= 15 is 0 Å². The van der Waals surface area contributed by atoms with Crippen molar-refractivity contribution in [3.05, 3.63) is 12.3 Å². The average molecular weight is 286 g/mol. The fourth-order valence-corrected chi connectivity index (χ4v) is 3.44. The van der Waals surface area contributed by atoms with Crippen molar-refractivity contribution in [3.63, 3.8) is 0 Å². The normalized spacial score (nSPS) is 19.4. The van der Waals surface area contributed by atoms with Gasteiger partial charge in [-0.25, -0.2) is 13.1 Å². The molecule has 2 N–H and O–H groups in total. The maximum Gasteiger partial charge on any atom is 0.257 e. The second kappa shape index (κ2) is 6.49. The number of likely N-dealkylation sites (tertiary alicyclic amines) is 1. The lowest BCUT2D eigenvalue weighted by molar-refractivity contribution is 0.201. The first-order valence-electron chi connectivity index (χ1n) is 6.79. The summed E-state index contributed by atoms with van der Waals surface area (Å²) in [6, 6.07) is 1.46. The smallest absolute Gasteiger partial charge is 0.257 e. The molecule has 1 saturated heterocycles. The summed E-state index contributed by atoms with van der Waals surface area (Å²) < 4.78 is 26.4. The van der Waals surface area contributed by atoms with Crippen molar-refractivity contribution in [1.29, 1.82) is 0 Å². The van der Waals surface area contributed by atoms with E-state index in [-0.39, 0.29) is 5.03 Å². The standard InChI is InChI=1S/C12H22N4O2S/c1-11(10-16-7-3-2-4-8-16)9-14-19(17,18)12-5-6-13-15-12/h5-6,11,14H,2-4,7-10H2,1H3,(H,13,15). The van der Waals surface area contributed by atoms with Gasteiger partial charge in [0.2, 0.25) is 0 Å². The maximum absolute atomic E-state index is 11.9. The lowest BCUT2D eigenvalue weighted by Gasteiger charge is -2.29. The molecule has 0 radical (unpaired) electrons. The summed E-state index contributed by atoms with van der Waals surface area (Å²) in [7, 11) is -3.44. The Bertz CT molecular complexity index is 466. The van der Waals surface area contributed by atoms with Crippen molar-refractivity contribution < 1.29 is 8.42 Å². The summed E-state index contributed by atoms with van der Waals surface area (Å²) in [5, 5.41) is 6.25. The van der Waals surface area contributed by atoms with Crippen LogP contribution in [-0.2, 0) is 10.0 Å². The van der Waals surface area contributed by atoms with Gasteiger partial charge in [0.05, 0.1) is 6.20 Å². The molecular formula is C12H22N4O2S. The van der Waals surface area contributed by atoms with Gasteiger partial charge < -0.3 is 4.90 Å². The molecule has 1 fully saturated rings. The van der Waals surface area contributed by atoms with Crippen LogP contribution in [0.15, 0.2) is 17.3 Å². The number of nitrogens with zero attached hydrogens (tertiary/aromatic N) is 2. The third-order valence-electron chi connectivity index (χ3n) is 3.41. The molecular weight excluding hydrogens is 264 g/mol. The van der Waals surface area contributed by atoms with Gasteiger partial charge in [0, 0.05) is 13.1 Å². The molecule has 0 spiro atoms. The monoisotopic (exact) mass is 286 g/mol. The minimum atomic E-state index is -3.44. The SMILES string of the molecule is CC(CNS(=O)(=O)c1ccn[nH]1)CN1CCCCC1. The highest BCUT2D eigenvalue weighted by Crippen LogP contribution is 2.11. The molecule has 1 aliphatic heterocycles. The fraction of sp³-hybridized carbons (Fsp3) is 0.750. The van der Waals surface area contributed by atoms with Crippen LogP contribution in [0, 0.1) is 5.92 Å². The van der Waals surface area contributed by atoms with Gasteiger partial charge in [-0.3, -0.25) is 5.10 Å². The summed E-state index contributed by atoms with van der Waals surface area (Å²) in [5.74, 6) is 0.302. The lowest BCUT2D eigenvalue weighted by atomic mass is 10.1. The zero-order valence-corrected chi connectivity index (χ0v) is 12.1. The summed E-state index contributed by atoms with van der Waals surface area (Å²) in [6.45, 7) is 5.75. The van der Waals surface area contributed by atoms with E-state index in [0.717, 1.165) is 19.6 Å². The highest BCUT2D eigenvalue weighted by Gasteiger charge is 2.18. The molecule has 7 heteroatoms. The van der Waals surface area contributed by atoms with E-state index in [1.807, 2.05) is 0 Å². The molecule has 1 aromatic rings. The molecule has 2 heterocycles. The molecule has 0 aliphatic carbocycles. The predicted octanol–water partition coefficient (Wildman–Crippen LogP) is 0.810. The van der Waals surface area contributed by atoms with Crippen LogP contribution in [-0.4, -0.2) is 49.7 Å². The Balaban J connectivity index is 1.78. The number of hydrogen-bond acceptors (Lipinski definition) is 4. The molecule has 6 nitrogen and oxygen atoms in total. The van der Waals surface area contributed by atoms with Gasteiger partial charge in [0.15, 0.2) is 5.03 Å². The van der Waals surface area contributed by atoms with Crippen LogP contribution < -0.4 is 4.72 Å². The third kappa shape index (κ3) is 4.29. The quantitative estimate of drug-likeness (QED) is 0.811. The number of aromatic nitrogens is 2. The van der Waals surface area contributed by atoms with Gasteiger partial charge in [-0.05, 0) is 37.9 Å². The van der Waals surface area contributed by atoms with Crippen LogP contribution >= 0.6 is 0 Å². The number of aromatic amines is 1. The van der Waals surface area contributed by atoms with Crippen LogP contribution in [0.2, 0.25) is 0 Å². The van der Waals surface area contributed by atoms with E-state index in [1.165, 1.54) is 31.5 Å². The van der Waals surface area contributed by atoms with E-state index in [4.69, 9.17) is 0 Å². The Morgan fingerprint density at radius 1 is 1.42 bits per heavy atom. The number of nitrogens with one attached hydrogen (secondary N) is 2. The van der Waals surface area contributed by atoms with Gasteiger partial charge in [-0.1, -0.05) is 13.3 Å². The van der Waals surface area contributed by atoms with Crippen LogP contribution in [0.3, 0.4) is 0 Å². The summed E-state index contributed by atoms with van der Waals surface area (Å²) in [6.07, 6.45) is 5.27. The van der Waals surface area contributed by atoms with Gasteiger partial charge in [0.1, 0.15) is 0 Å². The van der Waals surface area contributed by atoms with Gasteiger partial charge in [-0.15, -0.1) is 0 Å². The first-order valence-corrected chi connectivity index (χ1v) is 8.27. The summed E-state index contributed by atoms with van der Waals surface area (Å²) in [5.41, 5.74) is 0. The molecule has 2 rings (SSSR count). The van der Waals surface area contributed by atoms with Crippen LogP contribution in [0.5, 0.6) is 0 Å². The van der Waals surface area contributed by atoms with Crippen molar-refractivity contribution in [2.75, 3.05) is 26.2 Å². The van der Waals surface area contributed by atoms with Crippen molar-refractivity contribution >= 4 is 10.0 Å². The number of piperidine rings is 1. The van der Waals surface area contributed by atoms with Crippen molar-refractivity contribution in [2.45, 2.75) is 31.2 Å². The minimum Gasteiger partial charge on any atom is -0.303 e. The lowest BCUT2D eigenvalue weighted by Crippen LogP contribution is -2.38. The first-order chi connectivity index (χ1) is 9.08. The molecule has 1 atom stereocenters. The zero-order valence-electron chi connectivity index (χ0n) is 11.3. The van der Waals surface area contributed by atoms with Crippen molar-refractivity contribution in [1.82, 2.24) is 19.8 Å². The number of rotatable bonds is 6. The van der Waals surface area contributed by atoms with E-state index in [0.29, 0.717) is 12.5 Å². The van der Waals surface area contributed by atoms with Gasteiger partial charge in [0.25, 0.3) is 10.0 Å². The summed E-state index contributed by atoms with van der Waals surface area (Å²) in [4.78, 5) is 2.42. The molecule has 19 heavy (non-hydrogen) atoms. The Labute approximate surface area is 114 Å². The van der Waals surface area contributed by atoms with Gasteiger partial charge >= 0.3 is 0 Å². The molecule has 108 valence electrons. The largest absolute Gasteiger partial charge is 0.303 e. The average Bonchev–Trinajstić information content (AvgIpc) is 2.92. The Kier molecular flexibility index (Phi) is 4.95. The van der Waals surface area contributed by atoms with Crippen molar-refractivity contribution in [2.24, 2.45) is 5.92 Å². The molecule has 0 bridgehead atoms. The van der Waals surface area contributed by atoms with Crippen LogP contribution in [0.25, 0.3) is 0 Å². The highest BCUT2D eigenvalue weighted by molar-refractivity contribution is 7.89. The first kappa shape index (κ1) is 14.5. The maximum atomic E-state index is 11.9. The molecule has 0 saturated carbocycles.